The molecule has 6 nitrogen and oxygen atoms in total. The van der Waals surface area contributed by atoms with Gasteiger partial charge in [0.15, 0.2) is 11.7 Å². The molecule has 1 aliphatic carbocycles. The van der Waals surface area contributed by atoms with Gasteiger partial charge < -0.3 is 19.5 Å². The van der Waals surface area contributed by atoms with Crippen LogP contribution in [-0.4, -0.2) is 60.4 Å². The number of benzene rings is 1. The molecule has 2 aromatic rings. The first-order chi connectivity index (χ1) is 13.7. The zero-order valence-corrected chi connectivity index (χ0v) is 17.6. The van der Waals surface area contributed by atoms with Gasteiger partial charge in [-0.3, -0.25) is 9.79 Å². The third-order valence-electron chi connectivity index (χ3n) is 5.31. The van der Waals surface area contributed by atoms with Crippen LogP contribution in [0.15, 0.2) is 56.5 Å². The molecular formula is C21H25BrN4O2. The van der Waals surface area contributed by atoms with Crippen LogP contribution in [0.5, 0.6) is 0 Å². The van der Waals surface area contributed by atoms with Crippen molar-refractivity contribution in [3.8, 4) is 0 Å². The van der Waals surface area contributed by atoms with Crippen molar-refractivity contribution < 1.29 is 9.21 Å². The summed E-state index contributed by atoms with van der Waals surface area (Å²) in [6.45, 7) is 5.68. The number of carbonyl (C=O) groups excluding carboxylic acids is 1. The summed E-state index contributed by atoms with van der Waals surface area (Å²) < 4.78 is 6.35. The zero-order valence-electron chi connectivity index (χ0n) is 16.0. The van der Waals surface area contributed by atoms with Crippen LogP contribution in [0.4, 0.5) is 0 Å². The van der Waals surface area contributed by atoms with Crippen molar-refractivity contribution in [3.05, 3.63) is 58.5 Å². The largest absolute Gasteiger partial charge is 0.459 e. The second-order valence-electron chi connectivity index (χ2n) is 7.20. The van der Waals surface area contributed by atoms with Gasteiger partial charge in [-0.1, -0.05) is 28.1 Å². The molecule has 1 aliphatic heterocycles. The molecule has 148 valence electrons. The molecule has 2 heterocycles. The molecule has 2 aliphatic rings. The minimum absolute atomic E-state index is 0.0379. The molecular weight excluding hydrogens is 420 g/mol. The van der Waals surface area contributed by atoms with E-state index in [1.165, 1.54) is 11.8 Å². The monoisotopic (exact) mass is 444 g/mol. The Morgan fingerprint density at radius 3 is 2.54 bits per heavy atom. The van der Waals surface area contributed by atoms with Crippen molar-refractivity contribution in [2.75, 3.05) is 32.7 Å². The van der Waals surface area contributed by atoms with Crippen LogP contribution in [0.1, 0.15) is 35.4 Å². The van der Waals surface area contributed by atoms with E-state index >= 15 is 0 Å². The third-order valence-corrected chi connectivity index (χ3v) is 5.84. The number of amides is 1. The van der Waals surface area contributed by atoms with E-state index in [2.05, 4.69) is 57.3 Å². The van der Waals surface area contributed by atoms with E-state index in [0.29, 0.717) is 30.8 Å². The van der Waals surface area contributed by atoms with E-state index in [4.69, 9.17) is 9.41 Å². The van der Waals surface area contributed by atoms with Crippen molar-refractivity contribution in [1.82, 2.24) is 15.1 Å². The Kier molecular flexibility index (Phi) is 5.71. The maximum absolute atomic E-state index is 12.4. The molecule has 0 bridgehead atoms. The van der Waals surface area contributed by atoms with Gasteiger partial charge in [-0.05, 0) is 43.2 Å². The second-order valence-corrected chi connectivity index (χ2v) is 8.11. The molecule has 1 saturated heterocycles. The average Bonchev–Trinajstić information content (AvgIpc) is 3.26. The first-order valence-corrected chi connectivity index (χ1v) is 10.6. The Hall–Kier alpha value is -2.28. The van der Waals surface area contributed by atoms with Gasteiger partial charge in [-0.25, -0.2) is 0 Å². The van der Waals surface area contributed by atoms with Gasteiger partial charge in [0, 0.05) is 49.2 Å². The molecule has 0 radical (unpaired) electrons. The minimum Gasteiger partial charge on any atom is -0.459 e. The summed E-state index contributed by atoms with van der Waals surface area (Å²) >= 11 is 3.50. The zero-order chi connectivity index (χ0) is 19.5. The fraction of sp³-hybridized carbons (Fsp3) is 0.429. The topological polar surface area (TPSA) is 61.1 Å². The van der Waals surface area contributed by atoms with Crippen molar-refractivity contribution in [2.45, 2.75) is 25.3 Å². The lowest BCUT2D eigenvalue weighted by Gasteiger charge is -2.36. The van der Waals surface area contributed by atoms with Gasteiger partial charge in [0.1, 0.15) is 0 Å². The SMILES string of the molecule is CCN=C(NC1CC1c1ccc(Br)cc1)N1CCN(C(=O)c2ccco2)CC1. The first-order valence-electron chi connectivity index (χ1n) is 9.80. The van der Waals surface area contributed by atoms with E-state index in [1.807, 2.05) is 4.90 Å². The van der Waals surface area contributed by atoms with E-state index in [0.717, 1.165) is 36.5 Å². The molecule has 2 atom stereocenters. The number of halogens is 1. The second kappa shape index (κ2) is 8.39. The molecule has 2 fully saturated rings. The smallest absolute Gasteiger partial charge is 0.289 e. The third kappa shape index (κ3) is 4.24. The van der Waals surface area contributed by atoms with Gasteiger partial charge in [0.2, 0.25) is 0 Å². The molecule has 1 N–H and O–H groups in total. The molecule has 1 amide bonds. The summed E-state index contributed by atoms with van der Waals surface area (Å²) in [6, 6.07) is 12.5. The van der Waals surface area contributed by atoms with Gasteiger partial charge in [-0.15, -0.1) is 0 Å². The Bertz CT molecular complexity index is 827. The van der Waals surface area contributed by atoms with Crippen LogP contribution in [0.2, 0.25) is 0 Å². The van der Waals surface area contributed by atoms with Gasteiger partial charge in [0.25, 0.3) is 5.91 Å². The van der Waals surface area contributed by atoms with Gasteiger partial charge >= 0.3 is 0 Å². The van der Waals surface area contributed by atoms with Crippen LogP contribution >= 0.6 is 15.9 Å². The van der Waals surface area contributed by atoms with Crippen molar-refractivity contribution in [3.63, 3.8) is 0 Å². The number of hydrogen-bond donors (Lipinski definition) is 1. The predicted octanol–water partition coefficient (Wildman–Crippen LogP) is 3.32. The lowest BCUT2D eigenvalue weighted by molar-refractivity contribution is 0.0657. The van der Waals surface area contributed by atoms with E-state index in [1.54, 1.807) is 12.1 Å². The fourth-order valence-electron chi connectivity index (χ4n) is 3.66. The number of carbonyl (C=O) groups is 1. The maximum Gasteiger partial charge on any atom is 0.289 e. The highest BCUT2D eigenvalue weighted by Crippen LogP contribution is 2.41. The quantitative estimate of drug-likeness (QED) is 0.580. The molecule has 7 heteroatoms. The van der Waals surface area contributed by atoms with Gasteiger partial charge in [0.05, 0.1) is 6.26 Å². The van der Waals surface area contributed by atoms with Gasteiger partial charge in [-0.2, -0.15) is 0 Å². The molecule has 0 spiro atoms. The highest BCUT2D eigenvalue weighted by molar-refractivity contribution is 9.10. The molecule has 2 unspecified atom stereocenters. The number of rotatable bonds is 4. The lowest BCUT2D eigenvalue weighted by atomic mass is 10.1. The van der Waals surface area contributed by atoms with Crippen molar-refractivity contribution in [2.24, 2.45) is 4.99 Å². The molecule has 1 aromatic heterocycles. The molecule has 1 saturated carbocycles. The lowest BCUT2D eigenvalue weighted by Crippen LogP contribution is -2.54. The van der Waals surface area contributed by atoms with Crippen molar-refractivity contribution >= 4 is 27.8 Å². The minimum atomic E-state index is -0.0379. The van der Waals surface area contributed by atoms with E-state index in [9.17, 15) is 4.79 Å². The predicted molar refractivity (Wildman–Crippen MR) is 113 cm³/mol. The number of guanidine groups is 1. The number of nitrogens with one attached hydrogen (secondary N) is 1. The summed E-state index contributed by atoms with van der Waals surface area (Å²) in [5, 5.41) is 3.64. The van der Waals surface area contributed by atoms with Crippen LogP contribution in [0, 0.1) is 0 Å². The summed E-state index contributed by atoms with van der Waals surface area (Å²) in [5.74, 6) is 1.86. The number of aliphatic imine (C=N–C) groups is 1. The molecule has 28 heavy (non-hydrogen) atoms. The van der Waals surface area contributed by atoms with Crippen LogP contribution < -0.4 is 5.32 Å². The number of piperazine rings is 1. The van der Waals surface area contributed by atoms with Crippen LogP contribution in [0.3, 0.4) is 0 Å². The number of hydrogen-bond acceptors (Lipinski definition) is 3. The van der Waals surface area contributed by atoms with Crippen LogP contribution in [-0.2, 0) is 0 Å². The molecule has 4 rings (SSSR count). The first kappa shape index (κ1) is 19.1. The maximum atomic E-state index is 12.4. The summed E-state index contributed by atoms with van der Waals surface area (Å²) in [5.41, 5.74) is 1.37. The standard InChI is InChI=1S/C21H25BrN4O2/c1-2-23-21(24-18-14-17(18)15-5-7-16(22)8-6-15)26-11-9-25(10-12-26)20(27)19-4-3-13-28-19/h3-8,13,17-18H,2,9-12,14H2,1H3,(H,23,24). The van der Waals surface area contributed by atoms with E-state index < -0.39 is 0 Å². The van der Waals surface area contributed by atoms with Crippen LogP contribution in [0.25, 0.3) is 0 Å². The average molecular weight is 445 g/mol. The Morgan fingerprint density at radius 2 is 1.89 bits per heavy atom. The Morgan fingerprint density at radius 1 is 1.18 bits per heavy atom. The van der Waals surface area contributed by atoms with Crippen molar-refractivity contribution in [1.29, 1.82) is 0 Å². The number of nitrogens with zero attached hydrogens (tertiary/aromatic N) is 3. The Balaban J connectivity index is 1.33. The Labute approximate surface area is 173 Å². The summed E-state index contributed by atoms with van der Waals surface area (Å²) in [7, 11) is 0. The highest BCUT2D eigenvalue weighted by Gasteiger charge is 2.40. The summed E-state index contributed by atoms with van der Waals surface area (Å²) in [4.78, 5) is 21.2. The summed E-state index contributed by atoms with van der Waals surface area (Å²) in [6.07, 6.45) is 2.66. The fourth-order valence-corrected chi connectivity index (χ4v) is 3.93. The number of furan rings is 1. The van der Waals surface area contributed by atoms with E-state index in [-0.39, 0.29) is 5.91 Å². The highest BCUT2D eigenvalue weighted by atomic mass is 79.9. The normalized spacial score (nSPS) is 22.3. The molecule has 1 aromatic carbocycles.